The number of fused-ring (bicyclic) bond motifs is 1. The third-order valence-corrected chi connectivity index (χ3v) is 4.70. The average molecular weight is 400 g/mol. The van der Waals surface area contributed by atoms with Crippen molar-refractivity contribution in [1.29, 1.82) is 0 Å². The fourth-order valence-electron chi connectivity index (χ4n) is 2.85. The first-order valence-corrected chi connectivity index (χ1v) is 9.00. The number of anilines is 1. The van der Waals surface area contributed by atoms with Crippen molar-refractivity contribution in [3.8, 4) is 11.5 Å². The van der Waals surface area contributed by atoms with Gasteiger partial charge in [0.25, 0.3) is 5.91 Å². The van der Waals surface area contributed by atoms with E-state index < -0.39 is 0 Å². The number of pyridine rings is 1. The summed E-state index contributed by atoms with van der Waals surface area (Å²) in [7, 11) is 0. The Morgan fingerprint density at radius 3 is 2.63 bits per heavy atom. The van der Waals surface area contributed by atoms with Crippen LogP contribution in [-0.4, -0.2) is 15.3 Å². The highest BCUT2D eigenvalue weighted by molar-refractivity contribution is 6.37. The lowest BCUT2D eigenvalue weighted by molar-refractivity contribution is 0.102. The molecule has 0 aliphatic rings. The van der Waals surface area contributed by atoms with Crippen molar-refractivity contribution in [3.05, 3.63) is 75.6 Å². The van der Waals surface area contributed by atoms with Crippen LogP contribution in [0.4, 0.5) is 5.82 Å². The van der Waals surface area contributed by atoms with Crippen LogP contribution in [0.5, 0.6) is 0 Å². The summed E-state index contributed by atoms with van der Waals surface area (Å²) in [4.78, 5) is 17.5. The molecule has 5 nitrogen and oxygen atoms in total. The van der Waals surface area contributed by atoms with Gasteiger partial charge in [-0.15, -0.1) is 0 Å². The predicted octanol–water partition coefficient (Wildman–Crippen LogP) is 5.77. The Morgan fingerprint density at radius 2 is 1.93 bits per heavy atom. The van der Waals surface area contributed by atoms with Crippen LogP contribution in [0.2, 0.25) is 10.0 Å². The number of rotatable bonds is 3. The van der Waals surface area contributed by atoms with E-state index in [1.807, 2.05) is 48.7 Å². The number of carbonyl (C=O) groups excluding carboxylic acids is 1. The first-order chi connectivity index (χ1) is 12.9. The molecule has 1 N–H and O–H groups in total. The van der Waals surface area contributed by atoms with Gasteiger partial charge in [-0.2, -0.15) is 0 Å². The first-order valence-electron chi connectivity index (χ1n) is 8.24. The van der Waals surface area contributed by atoms with Crippen LogP contribution in [0.25, 0.3) is 17.1 Å². The number of aryl methyl sites for hydroxylation is 2. The number of nitrogens with zero attached hydrogens (tertiary/aromatic N) is 2. The Hall–Kier alpha value is -2.76. The molecule has 0 atom stereocenters. The van der Waals surface area contributed by atoms with Gasteiger partial charge in [0.2, 0.25) is 0 Å². The van der Waals surface area contributed by atoms with Crippen LogP contribution in [0.1, 0.15) is 21.7 Å². The summed E-state index contributed by atoms with van der Waals surface area (Å²) >= 11 is 12.1. The second kappa shape index (κ2) is 6.76. The zero-order valence-electron chi connectivity index (χ0n) is 14.6. The Morgan fingerprint density at radius 1 is 1.11 bits per heavy atom. The van der Waals surface area contributed by atoms with Gasteiger partial charge in [0, 0.05) is 11.2 Å². The van der Waals surface area contributed by atoms with Crippen molar-refractivity contribution in [2.24, 2.45) is 0 Å². The summed E-state index contributed by atoms with van der Waals surface area (Å²) < 4.78 is 7.55. The Labute approximate surface area is 165 Å². The van der Waals surface area contributed by atoms with Crippen molar-refractivity contribution < 1.29 is 9.21 Å². The van der Waals surface area contributed by atoms with Crippen LogP contribution in [0.15, 0.2) is 53.1 Å². The minimum Gasteiger partial charge on any atom is -0.460 e. The highest BCUT2D eigenvalue weighted by atomic mass is 35.5. The summed E-state index contributed by atoms with van der Waals surface area (Å²) in [6.07, 6.45) is 1.90. The van der Waals surface area contributed by atoms with Gasteiger partial charge in [-0.25, -0.2) is 4.98 Å². The molecule has 0 spiro atoms. The van der Waals surface area contributed by atoms with Crippen molar-refractivity contribution in [3.63, 3.8) is 0 Å². The second-order valence-corrected chi connectivity index (χ2v) is 7.08. The number of carbonyl (C=O) groups is 1. The van der Waals surface area contributed by atoms with Crippen LogP contribution in [0.3, 0.4) is 0 Å². The molecule has 3 heterocycles. The van der Waals surface area contributed by atoms with Crippen molar-refractivity contribution in [2.45, 2.75) is 13.8 Å². The molecule has 0 saturated carbocycles. The molecule has 0 saturated heterocycles. The van der Waals surface area contributed by atoms with Gasteiger partial charge in [0.15, 0.2) is 5.76 Å². The molecule has 0 unspecified atom stereocenters. The molecule has 0 fully saturated rings. The number of imidazole rings is 1. The van der Waals surface area contributed by atoms with Crippen molar-refractivity contribution in [2.75, 3.05) is 5.32 Å². The third kappa shape index (κ3) is 3.31. The number of hydrogen-bond acceptors (Lipinski definition) is 3. The maximum Gasteiger partial charge on any atom is 0.258 e. The number of aromatic nitrogens is 2. The molecule has 4 aromatic rings. The lowest BCUT2D eigenvalue weighted by atomic mass is 10.2. The van der Waals surface area contributed by atoms with E-state index in [0.717, 1.165) is 11.3 Å². The van der Waals surface area contributed by atoms with E-state index in [1.54, 1.807) is 12.1 Å². The number of benzene rings is 1. The van der Waals surface area contributed by atoms with Gasteiger partial charge >= 0.3 is 0 Å². The van der Waals surface area contributed by atoms with Gasteiger partial charge < -0.3 is 9.73 Å². The molecule has 1 aromatic carbocycles. The van der Waals surface area contributed by atoms with Gasteiger partial charge in [0.05, 0.1) is 10.6 Å². The monoisotopic (exact) mass is 399 g/mol. The Balaban J connectivity index is 1.84. The molecule has 0 bridgehead atoms. The zero-order valence-corrected chi connectivity index (χ0v) is 16.1. The van der Waals surface area contributed by atoms with Crippen LogP contribution < -0.4 is 5.32 Å². The number of nitrogens with one attached hydrogen (secondary N) is 1. The number of furan rings is 1. The number of amides is 1. The molecule has 3 aromatic heterocycles. The van der Waals surface area contributed by atoms with Crippen LogP contribution >= 0.6 is 23.2 Å². The van der Waals surface area contributed by atoms with Crippen LogP contribution in [0, 0.1) is 13.8 Å². The van der Waals surface area contributed by atoms with E-state index in [9.17, 15) is 4.79 Å². The SMILES string of the molecule is Cc1ccc2nc(-c3ccc(C)o3)c(NC(=O)c3ccc(Cl)cc3Cl)n2c1. The predicted molar refractivity (Wildman–Crippen MR) is 107 cm³/mol. The molecule has 0 radical (unpaired) electrons. The number of halogens is 2. The highest BCUT2D eigenvalue weighted by Crippen LogP contribution is 2.31. The van der Waals surface area contributed by atoms with E-state index in [-0.39, 0.29) is 10.9 Å². The standard InChI is InChI=1S/C20H15Cl2N3O2/c1-11-3-8-17-23-18(16-7-4-12(2)27-16)19(25(17)10-11)24-20(26)14-6-5-13(21)9-15(14)22/h3-10H,1-2H3,(H,24,26). The summed E-state index contributed by atoms with van der Waals surface area (Å²) in [5, 5.41) is 3.66. The quantitative estimate of drug-likeness (QED) is 0.475. The van der Waals surface area contributed by atoms with Crippen LogP contribution in [-0.2, 0) is 0 Å². The largest absolute Gasteiger partial charge is 0.460 e. The average Bonchev–Trinajstić information content (AvgIpc) is 3.18. The Kier molecular flexibility index (Phi) is 4.42. The molecule has 1 amide bonds. The lowest BCUT2D eigenvalue weighted by Gasteiger charge is -2.09. The smallest absolute Gasteiger partial charge is 0.258 e. The summed E-state index contributed by atoms with van der Waals surface area (Å²) in [5.74, 6) is 1.49. The van der Waals surface area contributed by atoms with Crippen molar-refractivity contribution >= 4 is 40.6 Å². The number of hydrogen-bond donors (Lipinski definition) is 1. The van der Waals surface area contributed by atoms with Gasteiger partial charge in [-0.3, -0.25) is 9.20 Å². The molecule has 0 aliphatic carbocycles. The fourth-order valence-corrected chi connectivity index (χ4v) is 3.35. The molecule has 136 valence electrons. The van der Waals surface area contributed by atoms with E-state index in [1.165, 1.54) is 6.07 Å². The van der Waals surface area contributed by atoms with Gasteiger partial charge in [-0.1, -0.05) is 29.3 Å². The minimum atomic E-state index is -0.357. The Bertz CT molecular complexity index is 1180. The summed E-state index contributed by atoms with van der Waals surface area (Å²) in [6, 6.07) is 12.3. The molecule has 27 heavy (non-hydrogen) atoms. The summed E-state index contributed by atoms with van der Waals surface area (Å²) in [6.45, 7) is 3.83. The molecular formula is C20H15Cl2N3O2. The normalized spacial score (nSPS) is 11.1. The zero-order chi connectivity index (χ0) is 19.1. The lowest BCUT2D eigenvalue weighted by Crippen LogP contribution is -2.14. The van der Waals surface area contributed by atoms with Gasteiger partial charge in [0.1, 0.15) is 22.9 Å². The molecule has 0 aliphatic heterocycles. The minimum absolute atomic E-state index is 0.278. The first kappa shape index (κ1) is 17.6. The maximum absolute atomic E-state index is 12.9. The van der Waals surface area contributed by atoms with E-state index in [4.69, 9.17) is 27.6 Å². The van der Waals surface area contributed by atoms with E-state index in [2.05, 4.69) is 10.3 Å². The van der Waals surface area contributed by atoms with E-state index in [0.29, 0.717) is 33.5 Å². The third-order valence-electron chi connectivity index (χ3n) is 4.15. The van der Waals surface area contributed by atoms with Crippen molar-refractivity contribution in [1.82, 2.24) is 9.38 Å². The maximum atomic E-state index is 12.9. The molecular weight excluding hydrogens is 385 g/mol. The van der Waals surface area contributed by atoms with E-state index >= 15 is 0 Å². The van der Waals surface area contributed by atoms with Gasteiger partial charge in [-0.05, 0) is 55.8 Å². The molecule has 7 heteroatoms. The summed E-state index contributed by atoms with van der Waals surface area (Å²) in [5.41, 5.74) is 2.60. The molecule has 4 rings (SSSR count). The fraction of sp³-hybridized carbons (Fsp3) is 0.100. The highest BCUT2D eigenvalue weighted by Gasteiger charge is 2.20. The topological polar surface area (TPSA) is 59.5 Å². The second-order valence-electron chi connectivity index (χ2n) is 6.23.